The number of aromatic amines is 1. The van der Waals surface area contributed by atoms with Crippen molar-refractivity contribution in [1.82, 2.24) is 20.2 Å². The zero-order valence-corrected chi connectivity index (χ0v) is 18.4. The van der Waals surface area contributed by atoms with Gasteiger partial charge in [0.1, 0.15) is 0 Å². The maximum atomic E-state index is 4.37. The molecule has 0 aliphatic carbocycles. The van der Waals surface area contributed by atoms with E-state index in [-0.39, 0.29) is 0 Å². The molecule has 1 saturated heterocycles. The number of piperidine rings is 1. The van der Waals surface area contributed by atoms with Gasteiger partial charge in [0.05, 0.1) is 11.9 Å². The Hall–Kier alpha value is -2.17. The molecule has 2 aromatic heterocycles. The van der Waals surface area contributed by atoms with E-state index in [1.54, 1.807) is 0 Å². The van der Waals surface area contributed by atoms with Gasteiger partial charge in [-0.05, 0) is 87.5 Å². The normalized spacial score (nSPS) is 19.2. The molecule has 0 saturated carbocycles. The van der Waals surface area contributed by atoms with Crippen molar-refractivity contribution in [3.63, 3.8) is 0 Å². The molecule has 3 heterocycles. The van der Waals surface area contributed by atoms with Gasteiger partial charge in [-0.15, -0.1) is 0 Å². The number of aromatic nitrogens is 2. The van der Waals surface area contributed by atoms with E-state index < -0.39 is 0 Å². The average molecular weight is 391 g/mol. The van der Waals surface area contributed by atoms with E-state index in [4.69, 9.17) is 0 Å². The standard InChI is InChI=1S/C25H34N4/c1-16(2)24-22-14-19(21-7-6-12-29(15-21)18(4)26-5)8-9-23(22)28-25(24)20-10-11-27-17(3)13-20/h8-11,13-14,16,18,21,26,28H,6-7,12,15H2,1-5H3. The first kappa shape index (κ1) is 20.1. The van der Waals surface area contributed by atoms with Crippen molar-refractivity contribution in [3.8, 4) is 11.3 Å². The summed E-state index contributed by atoms with van der Waals surface area (Å²) in [5.74, 6) is 1.06. The van der Waals surface area contributed by atoms with Gasteiger partial charge < -0.3 is 10.3 Å². The first-order valence-corrected chi connectivity index (χ1v) is 11.0. The number of rotatable bonds is 5. The summed E-state index contributed by atoms with van der Waals surface area (Å²) in [7, 11) is 2.05. The fourth-order valence-corrected chi connectivity index (χ4v) is 4.83. The summed E-state index contributed by atoms with van der Waals surface area (Å²) >= 11 is 0. The topological polar surface area (TPSA) is 44.0 Å². The molecular formula is C25H34N4. The summed E-state index contributed by atoms with van der Waals surface area (Å²) < 4.78 is 0. The molecule has 1 aromatic carbocycles. The molecule has 29 heavy (non-hydrogen) atoms. The third kappa shape index (κ3) is 3.96. The molecule has 1 aliphatic rings. The summed E-state index contributed by atoms with van der Waals surface area (Å²) in [6.45, 7) is 11.2. The highest BCUT2D eigenvalue weighted by molar-refractivity contribution is 5.92. The largest absolute Gasteiger partial charge is 0.354 e. The van der Waals surface area contributed by atoms with Crippen molar-refractivity contribution in [2.75, 3.05) is 20.1 Å². The molecule has 1 aliphatic heterocycles. The van der Waals surface area contributed by atoms with Crippen molar-refractivity contribution in [2.24, 2.45) is 0 Å². The third-order valence-corrected chi connectivity index (χ3v) is 6.52. The number of pyridine rings is 1. The molecule has 0 spiro atoms. The van der Waals surface area contributed by atoms with Crippen LogP contribution in [0.25, 0.3) is 22.2 Å². The Bertz CT molecular complexity index is 988. The minimum absolute atomic E-state index is 0.432. The second-order valence-electron chi connectivity index (χ2n) is 8.86. The van der Waals surface area contributed by atoms with Crippen LogP contribution in [-0.4, -0.2) is 41.2 Å². The highest BCUT2D eigenvalue weighted by atomic mass is 15.3. The van der Waals surface area contributed by atoms with Crippen molar-refractivity contribution in [3.05, 3.63) is 53.3 Å². The van der Waals surface area contributed by atoms with Gasteiger partial charge in [0.25, 0.3) is 0 Å². The second kappa shape index (κ2) is 8.29. The number of nitrogens with zero attached hydrogens (tertiary/aromatic N) is 2. The van der Waals surface area contributed by atoms with Crippen LogP contribution in [0.15, 0.2) is 36.5 Å². The maximum absolute atomic E-state index is 4.37. The molecule has 0 amide bonds. The van der Waals surface area contributed by atoms with E-state index in [0.717, 1.165) is 12.2 Å². The number of aryl methyl sites for hydroxylation is 1. The minimum atomic E-state index is 0.432. The molecular weight excluding hydrogens is 356 g/mol. The fraction of sp³-hybridized carbons (Fsp3) is 0.480. The SMILES string of the molecule is CNC(C)N1CCCC(c2ccc3[nH]c(-c4ccnc(C)c4)c(C(C)C)c3c2)C1. The molecule has 1 fully saturated rings. The lowest BCUT2D eigenvalue weighted by Gasteiger charge is -2.36. The molecule has 154 valence electrons. The van der Waals surface area contributed by atoms with E-state index in [0.29, 0.717) is 18.0 Å². The van der Waals surface area contributed by atoms with Gasteiger partial charge in [-0.25, -0.2) is 0 Å². The van der Waals surface area contributed by atoms with Gasteiger partial charge in [-0.1, -0.05) is 19.9 Å². The first-order valence-electron chi connectivity index (χ1n) is 11.0. The molecule has 2 unspecified atom stereocenters. The van der Waals surface area contributed by atoms with Gasteiger partial charge in [-0.2, -0.15) is 0 Å². The van der Waals surface area contributed by atoms with Crippen LogP contribution in [0.1, 0.15) is 62.3 Å². The first-order chi connectivity index (χ1) is 14.0. The molecule has 4 rings (SSSR count). The van der Waals surface area contributed by atoms with E-state index in [1.807, 2.05) is 6.20 Å². The monoisotopic (exact) mass is 390 g/mol. The second-order valence-corrected chi connectivity index (χ2v) is 8.86. The Morgan fingerprint density at radius 2 is 2.00 bits per heavy atom. The van der Waals surface area contributed by atoms with Crippen LogP contribution >= 0.6 is 0 Å². The number of likely N-dealkylation sites (tertiary alicyclic amines) is 1. The molecule has 3 aromatic rings. The van der Waals surface area contributed by atoms with Crippen molar-refractivity contribution < 1.29 is 0 Å². The van der Waals surface area contributed by atoms with E-state index in [9.17, 15) is 0 Å². The Morgan fingerprint density at radius 3 is 2.72 bits per heavy atom. The summed E-state index contributed by atoms with van der Waals surface area (Å²) in [5, 5.41) is 4.78. The summed E-state index contributed by atoms with van der Waals surface area (Å²) in [6.07, 6.45) is 4.88. The smallest absolute Gasteiger partial charge is 0.0565 e. The van der Waals surface area contributed by atoms with Gasteiger partial charge in [-0.3, -0.25) is 9.88 Å². The lowest BCUT2D eigenvalue weighted by molar-refractivity contribution is 0.141. The lowest BCUT2D eigenvalue weighted by Crippen LogP contribution is -2.46. The molecule has 4 heteroatoms. The number of nitrogens with one attached hydrogen (secondary N) is 2. The Balaban J connectivity index is 1.75. The molecule has 0 radical (unpaired) electrons. The predicted octanol–water partition coefficient (Wildman–Crippen LogP) is 5.41. The van der Waals surface area contributed by atoms with Crippen molar-refractivity contribution in [1.29, 1.82) is 0 Å². The van der Waals surface area contributed by atoms with E-state index in [2.05, 4.69) is 85.3 Å². The minimum Gasteiger partial charge on any atom is -0.354 e. The van der Waals surface area contributed by atoms with Crippen LogP contribution in [0, 0.1) is 6.92 Å². The quantitative estimate of drug-likeness (QED) is 0.612. The zero-order valence-electron chi connectivity index (χ0n) is 18.4. The molecule has 0 bridgehead atoms. The maximum Gasteiger partial charge on any atom is 0.0565 e. The molecule has 4 nitrogen and oxygen atoms in total. The Labute approximate surface area is 174 Å². The van der Waals surface area contributed by atoms with E-state index in [1.165, 1.54) is 52.7 Å². The Kier molecular flexibility index (Phi) is 5.75. The number of hydrogen-bond donors (Lipinski definition) is 2. The predicted molar refractivity (Wildman–Crippen MR) is 122 cm³/mol. The lowest BCUT2D eigenvalue weighted by atomic mass is 9.88. The number of H-pyrrole nitrogens is 1. The van der Waals surface area contributed by atoms with Crippen LogP contribution in [0.5, 0.6) is 0 Å². The van der Waals surface area contributed by atoms with Gasteiger partial charge in [0.2, 0.25) is 0 Å². The van der Waals surface area contributed by atoms with Crippen molar-refractivity contribution >= 4 is 10.9 Å². The average Bonchev–Trinajstić information content (AvgIpc) is 3.12. The fourth-order valence-electron chi connectivity index (χ4n) is 4.83. The van der Waals surface area contributed by atoms with Crippen LogP contribution < -0.4 is 5.32 Å². The third-order valence-electron chi connectivity index (χ3n) is 6.52. The van der Waals surface area contributed by atoms with Crippen LogP contribution in [0.2, 0.25) is 0 Å². The van der Waals surface area contributed by atoms with Crippen LogP contribution in [-0.2, 0) is 0 Å². The highest BCUT2D eigenvalue weighted by Crippen LogP contribution is 2.38. The molecule has 2 N–H and O–H groups in total. The highest BCUT2D eigenvalue weighted by Gasteiger charge is 2.25. The van der Waals surface area contributed by atoms with Crippen molar-refractivity contribution in [2.45, 2.75) is 58.5 Å². The van der Waals surface area contributed by atoms with Crippen LogP contribution in [0.4, 0.5) is 0 Å². The number of fused-ring (bicyclic) bond motifs is 1. The van der Waals surface area contributed by atoms with Crippen LogP contribution in [0.3, 0.4) is 0 Å². The number of hydrogen-bond acceptors (Lipinski definition) is 3. The zero-order chi connectivity index (χ0) is 20.5. The Morgan fingerprint density at radius 1 is 1.17 bits per heavy atom. The van der Waals surface area contributed by atoms with Gasteiger partial charge in [0, 0.05) is 34.9 Å². The van der Waals surface area contributed by atoms with Gasteiger partial charge >= 0.3 is 0 Å². The summed E-state index contributed by atoms with van der Waals surface area (Å²) in [5.41, 5.74) is 7.65. The summed E-state index contributed by atoms with van der Waals surface area (Å²) in [4.78, 5) is 10.7. The number of benzene rings is 1. The van der Waals surface area contributed by atoms with E-state index >= 15 is 0 Å². The summed E-state index contributed by atoms with van der Waals surface area (Å²) in [6, 6.07) is 11.4. The van der Waals surface area contributed by atoms with Gasteiger partial charge in [0.15, 0.2) is 0 Å². The molecule has 2 atom stereocenters.